The van der Waals surface area contributed by atoms with Crippen molar-refractivity contribution < 1.29 is 32.0 Å². The molecule has 37 heavy (non-hydrogen) atoms. The normalized spacial score (nSPS) is 39.8. The molecule has 3 aliphatic rings. The standard InChI is InChI=1S/C29H40O7S/c1-7-27(5)16-23(36-24(31)17-35-37(33,34)21-10-8-18(2)9-11-21)28(6)19(3)12-14-29(20(4)26(27)32)15-13-22(30)25(28)29/h7-11,19-20,23,25-26,32H,1,12-17H2,2-6H3/t19?,20-,23+,25?,26-,27+,28-,29?/m0/s1. The van der Waals surface area contributed by atoms with Crippen LogP contribution in [0.1, 0.15) is 65.4 Å². The third kappa shape index (κ3) is 4.49. The van der Waals surface area contributed by atoms with Crippen molar-refractivity contribution in [3.63, 3.8) is 0 Å². The number of hydrogen-bond donors (Lipinski definition) is 1. The van der Waals surface area contributed by atoms with E-state index >= 15 is 0 Å². The molecule has 3 aliphatic carbocycles. The molecule has 3 unspecified atom stereocenters. The quantitative estimate of drug-likeness (QED) is 0.324. The number of ether oxygens (including phenoxy) is 1. The molecule has 1 aromatic carbocycles. The lowest BCUT2D eigenvalue weighted by atomic mass is 9.44. The molecule has 0 aliphatic heterocycles. The maximum absolute atomic E-state index is 13.4. The molecule has 8 heteroatoms. The first kappa shape index (κ1) is 28.0. The van der Waals surface area contributed by atoms with Crippen molar-refractivity contribution in [3.05, 3.63) is 42.5 Å². The van der Waals surface area contributed by atoms with Crippen LogP contribution in [0.5, 0.6) is 0 Å². The lowest BCUT2D eigenvalue weighted by Gasteiger charge is -2.61. The first-order valence-electron chi connectivity index (χ1n) is 13.2. The molecule has 0 heterocycles. The molecule has 0 radical (unpaired) electrons. The second kappa shape index (κ2) is 9.62. The summed E-state index contributed by atoms with van der Waals surface area (Å²) in [5.41, 5.74) is -0.910. The molecule has 3 fully saturated rings. The van der Waals surface area contributed by atoms with Crippen LogP contribution in [-0.4, -0.2) is 44.1 Å². The Hall–Kier alpha value is -2.03. The number of hydrogen-bond acceptors (Lipinski definition) is 7. The van der Waals surface area contributed by atoms with Gasteiger partial charge in [0.05, 0.1) is 11.0 Å². The molecular weight excluding hydrogens is 492 g/mol. The van der Waals surface area contributed by atoms with E-state index in [1.807, 2.05) is 27.7 Å². The predicted molar refractivity (Wildman–Crippen MR) is 139 cm³/mol. The van der Waals surface area contributed by atoms with Gasteiger partial charge in [0.1, 0.15) is 11.9 Å². The van der Waals surface area contributed by atoms with E-state index in [4.69, 9.17) is 8.92 Å². The Morgan fingerprint density at radius 2 is 1.84 bits per heavy atom. The maximum atomic E-state index is 13.4. The molecule has 2 bridgehead atoms. The van der Waals surface area contributed by atoms with E-state index in [2.05, 4.69) is 13.5 Å². The Bertz CT molecular complexity index is 1180. The summed E-state index contributed by atoms with van der Waals surface area (Å²) in [7, 11) is -4.15. The minimum atomic E-state index is -4.15. The molecule has 8 atom stereocenters. The topological polar surface area (TPSA) is 107 Å². The number of benzene rings is 1. The fourth-order valence-corrected chi connectivity index (χ4v) is 8.45. The van der Waals surface area contributed by atoms with E-state index in [0.717, 1.165) is 18.4 Å². The van der Waals surface area contributed by atoms with Gasteiger partial charge in [0, 0.05) is 23.2 Å². The number of rotatable bonds is 6. The van der Waals surface area contributed by atoms with Gasteiger partial charge in [-0.1, -0.05) is 51.5 Å². The number of carbonyl (C=O) groups is 2. The van der Waals surface area contributed by atoms with Gasteiger partial charge in [0.25, 0.3) is 10.1 Å². The highest BCUT2D eigenvalue weighted by Crippen LogP contribution is 2.68. The molecule has 0 spiro atoms. The SMILES string of the molecule is C=C[C@]1(C)C[C@@H](OC(=O)COS(=O)(=O)c2ccc(C)cc2)[C@]2(C)C(C)CCC3(CCC(=O)C32)[C@@H](C)[C@@H]1O. The highest BCUT2D eigenvalue weighted by molar-refractivity contribution is 7.86. The van der Waals surface area contributed by atoms with Gasteiger partial charge in [-0.05, 0) is 62.0 Å². The van der Waals surface area contributed by atoms with Gasteiger partial charge in [-0.2, -0.15) is 8.42 Å². The van der Waals surface area contributed by atoms with E-state index in [-0.39, 0.29) is 40.3 Å². The predicted octanol–water partition coefficient (Wildman–Crippen LogP) is 4.61. The third-order valence-electron chi connectivity index (χ3n) is 10.2. The summed E-state index contributed by atoms with van der Waals surface area (Å²) in [6.07, 6.45) is 3.37. The zero-order valence-electron chi connectivity index (χ0n) is 22.5. The van der Waals surface area contributed by atoms with Crippen molar-refractivity contribution >= 4 is 21.9 Å². The summed E-state index contributed by atoms with van der Waals surface area (Å²) in [6, 6.07) is 6.17. The molecule has 3 saturated carbocycles. The summed E-state index contributed by atoms with van der Waals surface area (Å²) in [6.45, 7) is 13.2. The van der Waals surface area contributed by atoms with Crippen LogP contribution in [0.2, 0.25) is 0 Å². The average Bonchev–Trinajstić information content (AvgIpc) is 3.21. The van der Waals surface area contributed by atoms with Crippen LogP contribution in [0.3, 0.4) is 0 Å². The number of Topliss-reactive ketones (excluding diaryl/α,β-unsaturated/α-hetero) is 1. The zero-order chi connectivity index (χ0) is 27.4. The van der Waals surface area contributed by atoms with Crippen molar-refractivity contribution in [2.45, 2.75) is 83.8 Å². The fourth-order valence-electron chi connectivity index (χ4n) is 7.59. The van der Waals surface area contributed by atoms with Crippen molar-refractivity contribution in [2.24, 2.45) is 34.0 Å². The van der Waals surface area contributed by atoms with Crippen LogP contribution in [0.15, 0.2) is 41.8 Å². The van der Waals surface area contributed by atoms with Crippen LogP contribution in [-0.2, 0) is 28.6 Å². The maximum Gasteiger partial charge on any atom is 0.333 e. The zero-order valence-corrected chi connectivity index (χ0v) is 23.3. The molecular formula is C29H40O7S. The van der Waals surface area contributed by atoms with E-state index < -0.39 is 45.7 Å². The minimum absolute atomic E-state index is 0.0394. The van der Waals surface area contributed by atoms with Crippen molar-refractivity contribution in [2.75, 3.05) is 6.61 Å². The Morgan fingerprint density at radius 1 is 1.19 bits per heavy atom. The second-order valence-electron chi connectivity index (χ2n) is 12.1. The molecule has 0 amide bonds. The Kier molecular flexibility index (Phi) is 7.27. The van der Waals surface area contributed by atoms with Gasteiger partial charge in [0.15, 0.2) is 6.61 Å². The Balaban J connectivity index is 1.65. The van der Waals surface area contributed by atoms with E-state index in [1.165, 1.54) is 12.1 Å². The highest BCUT2D eigenvalue weighted by Gasteiger charge is 2.68. The molecule has 4 rings (SSSR count). The number of aryl methyl sites for hydroxylation is 1. The number of aliphatic hydroxyl groups excluding tert-OH is 1. The largest absolute Gasteiger partial charge is 0.460 e. The van der Waals surface area contributed by atoms with Gasteiger partial charge < -0.3 is 9.84 Å². The number of carbonyl (C=O) groups excluding carboxylic acids is 2. The highest BCUT2D eigenvalue weighted by atomic mass is 32.2. The van der Waals surface area contributed by atoms with Crippen LogP contribution >= 0.6 is 0 Å². The van der Waals surface area contributed by atoms with Crippen LogP contribution < -0.4 is 0 Å². The van der Waals surface area contributed by atoms with Crippen LogP contribution in [0.4, 0.5) is 0 Å². The first-order valence-corrected chi connectivity index (χ1v) is 14.6. The average molecular weight is 533 g/mol. The van der Waals surface area contributed by atoms with E-state index in [9.17, 15) is 23.1 Å². The molecule has 204 valence electrons. The summed E-state index contributed by atoms with van der Waals surface area (Å²) in [5.74, 6) is -1.05. The summed E-state index contributed by atoms with van der Waals surface area (Å²) >= 11 is 0. The van der Waals surface area contributed by atoms with E-state index in [1.54, 1.807) is 18.2 Å². The number of esters is 1. The van der Waals surface area contributed by atoms with Gasteiger partial charge >= 0.3 is 5.97 Å². The van der Waals surface area contributed by atoms with Crippen molar-refractivity contribution in [1.29, 1.82) is 0 Å². The fraction of sp³-hybridized carbons (Fsp3) is 0.655. The van der Waals surface area contributed by atoms with Gasteiger partial charge in [-0.3, -0.25) is 8.98 Å². The lowest BCUT2D eigenvalue weighted by molar-refractivity contribution is -0.207. The minimum Gasteiger partial charge on any atom is -0.460 e. The number of aliphatic hydroxyl groups is 1. The second-order valence-corrected chi connectivity index (χ2v) is 13.7. The molecule has 7 nitrogen and oxygen atoms in total. The van der Waals surface area contributed by atoms with Crippen molar-refractivity contribution in [1.82, 2.24) is 0 Å². The lowest BCUT2D eigenvalue weighted by Crippen LogP contribution is -2.63. The molecule has 0 aromatic heterocycles. The van der Waals surface area contributed by atoms with Crippen LogP contribution in [0.25, 0.3) is 0 Å². The smallest absolute Gasteiger partial charge is 0.333 e. The summed E-state index contributed by atoms with van der Waals surface area (Å²) < 4.78 is 36.3. The summed E-state index contributed by atoms with van der Waals surface area (Å²) in [5, 5.41) is 11.6. The van der Waals surface area contributed by atoms with Crippen molar-refractivity contribution in [3.8, 4) is 0 Å². The monoisotopic (exact) mass is 532 g/mol. The Morgan fingerprint density at radius 3 is 2.46 bits per heavy atom. The Labute approximate surface area is 220 Å². The van der Waals surface area contributed by atoms with Gasteiger partial charge in [0.2, 0.25) is 0 Å². The molecule has 1 aromatic rings. The first-order chi connectivity index (χ1) is 17.2. The number of ketones is 1. The summed E-state index contributed by atoms with van der Waals surface area (Å²) in [4.78, 5) is 26.5. The molecule has 0 saturated heterocycles. The van der Waals surface area contributed by atoms with Gasteiger partial charge in [-0.25, -0.2) is 4.79 Å². The molecule has 1 N–H and O–H groups in total. The van der Waals surface area contributed by atoms with Gasteiger partial charge in [-0.15, -0.1) is 6.58 Å². The van der Waals surface area contributed by atoms with Crippen LogP contribution in [0, 0.1) is 40.9 Å². The third-order valence-corrected chi connectivity index (χ3v) is 11.5. The van der Waals surface area contributed by atoms with E-state index in [0.29, 0.717) is 12.8 Å².